The molecule has 1 heterocycles. The van der Waals surface area contributed by atoms with Gasteiger partial charge >= 0.3 is 5.97 Å². The summed E-state index contributed by atoms with van der Waals surface area (Å²) >= 11 is 1.37. The largest absolute Gasteiger partial charge is 0.454 e. The number of anilines is 1. The van der Waals surface area contributed by atoms with Crippen LogP contribution in [-0.2, 0) is 14.3 Å². The van der Waals surface area contributed by atoms with Gasteiger partial charge in [0.2, 0.25) is 0 Å². The first kappa shape index (κ1) is 23.3. The summed E-state index contributed by atoms with van der Waals surface area (Å²) < 4.78 is 20.0. The Morgan fingerprint density at radius 1 is 1.12 bits per heavy atom. The van der Waals surface area contributed by atoms with Crippen LogP contribution in [0.1, 0.15) is 31.1 Å². The van der Waals surface area contributed by atoms with Crippen LogP contribution in [0.3, 0.4) is 0 Å². The number of amides is 2. The highest BCUT2D eigenvalue weighted by Gasteiger charge is 2.28. The minimum atomic E-state index is -1.03. The number of fused-ring (bicyclic) bond motifs is 1. The first-order valence-electron chi connectivity index (χ1n) is 10.2. The van der Waals surface area contributed by atoms with Crippen molar-refractivity contribution in [2.75, 3.05) is 18.1 Å². The number of nitrogens with zero attached hydrogens (tertiary/aromatic N) is 2. The van der Waals surface area contributed by atoms with Gasteiger partial charge in [-0.3, -0.25) is 14.5 Å². The van der Waals surface area contributed by atoms with Gasteiger partial charge in [0.1, 0.15) is 11.9 Å². The summed E-state index contributed by atoms with van der Waals surface area (Å²) in [5, 5.41) is 3.02. The number of carbonyl (C=O) groups is 3. The predicted molar refractivity (Wildman–Crippen MR) is 121 cm³/mol. The molecule has 2 amide bonds. The minimum Gasteiger partial charge on any atom is -0.454 e. The maximum absolute atomic E-state index is 13.9. The van der Waals surface area contributed by atoms with E-state index >= 15 is 0 Å². The molecule has 0 radical (unpaired) electrons. The lowest BCUT2D eigenvalue weighted by molar-refractivity contribution is -0.150. The molecule has 7 nitrogen and oxygen atoms in total. The standard InChI is InChI=1S/C23H24FN3O4S/c1-4-27(23-25-17-11-7-8-12-18(17)32-23)19(28)13-31-22(30)20(14(2)3)26-21(29)15-9-5-6-10-16(15)24/h5-12,14,20H,4,13H2,1-3H3,(H,26,29). The molecule has 168 valence electrons. The number of ether oxygens (including phenoxy) is 1. The Kier molecular flexibility index (Phi) is 7.53. The summed E-state index contributed by atoms with van der Waals surface area (Å²) in [6.45, 7) is 5.09. The average molecular weight is 458 g/mol. The lowest BCUT2D eigenvalue weighted by Gasteiger charge is -2.22. The van der Waals surface area contributed by atoms with E-state index in [4.69, 9.17) is 4.74 Å². The predicted octanol–water partition coefficient (Wildman–Crippen LogP) is 3.79. The summed E-state index contributed by atoms with van der Waals surface area (Å²) in [4.78, 5) is 43.6. The number of halogens is 1. The number of esters is 1. The molecule has 1 N–H and O–H groups in total. The molecular weight excluding hydrogens is 433 g/mol. The van der Waals surface area contributed by atoms with E-state index in [0.29, 0.717) is 11.7 Å². The molecule has 1 atom stereocenters. The fourth-order valence-electron chi connectivity index (χ4n) is 3.06. The second-order valence-corrected chi connectivity index (χ2v) is 8.39. The Hall–Kier alpha value is -3.33. The van der Waals surface area contributed by atoms with E-state index in [1.807, 2.05) is 24.3 Å². The Labute approximate surface area is 189 Å². The lowest BCUT2D eigenvalue weighted by atomic mass is 10.0. The first-order chi connectivity index (χ1) is 15.3. The maximum atomic E-state index is 13.9. The fourth-order valence-corrected chi connectivity index (χ4v) is 4.10. The molecular formula is C23H24FN3O4S. The number of likely N-dealkylation sites (N-methyl/N-ethyl adjacent to an activating group) is 1. The molecule has 9 heteroatoms. The van der Waals surface area contributed by atoms with Gasteiger partial charge in [-0.2, -0.15) is 0 Å². The highest BCUT2D eigenvalue weighted by Crippen LogP contribution is 2.28. The number of benzene rings is 2. The Bertz CT molecular complexity index is 1100. The van der Waals surface area contributed by atoms with E-state index in [9.17, 15) is 18.8 Å². The zero-order valence-electron chi connectivity index (χ0n) is 18.0. The summed E-state index contributed by atoms with van der Waals surface area (Å²) in [5.41, 5.74) is 0.612. The molecule has 0 bridgehead atoms. The second kappa shape index (κ2) is 10.3. The number of aromatic nitrogens is 1. The van der Waals surface area contributed by atoms with Crippen molar-refractivity contribution in [2.45, 2.75) is 26.8 Å². The topological polar surface area (TPSA) is 88.6 Å². The normalized spacial score (nSPS) is 11.9. The Balaban J connectivity index is 1.65. The third-order valence-electron chi connectivity index (χ3n) is 4.79. The summed E-state index contributed by atoms with van der Waals surface area (Å²) in [6.07, 6.45) is 0. The van der Waals surface area contributed by atoms with Crippen LogP contribution in [0.5, 0.6) is 0 Å². The van der Waals surface area contributed by atoms with Crippen molar-refractivity contribution in [1.29, 1.82) is 0 Å². The number of hydrogen-bond donors (Lipinski definition) is 1. The number of hydrogen-bond acceptors (Lipinski definition) is 6. The van der Waals surface area contributed by atoms with Crippen LogP contribution in [0.15, 0.2) is 48.5 Å². The lowest BCUT2D eigenvalue weighted by Crippen LogP contribution is -2.46. The monoisotopic (exact) mass is 457 g/mol. The third-order valence-corrected chi connectivity index (χ3v) is 5.85. The third kappa shape index (κ3) is 5.28. The van der Waals surface area contributed by atoms with Gasteiger partial charge in [-0.25, -0.2) is 14.2 Å². The maximum Gasteiger partial charge on any atom is 0.329 e. The van der Waals surface area contributed by atoms with Crippen molar-refractivity contribution in [3.05, 3.63) is 59.9 Å². The molecule has 3 aromatic rings. The van der Waals surface area contributed by atoms with E-state index in [1.165, 1.54) is 34.4 Å². The van der Waals surface area contributed by atoms with E-state index < -0.39 is 36.2 Å². The van der Waals surface area contributed by atoms with Gasteiger partial charge in [0, 0.05) is 6.54 Å². The molecule has 1 unspecified atom stereocenters. The number of rotatable bonds is 8. The van der Waals surface area contributed by atoms with Crippen LogP contribution in [0.2, 0.25) is 0 Å². The molecule has 0 spiro atoms. The zero-order chi connectivity index (χ0) is 23.3. The number of nitrogens with one attached hydrogen (secondary N) is 1. The SMILES string of the molecule is CCN(C(=O)COC(=O)C(NC(=O)c1ccccc1F)C(C)C)c1nc2ccccc2s1. The van der Waals surface area contributed by atoms with Gasteiger partial charge in [-0.15, -0.1) is 0 Å². The van der Waals surface area contributed by atoms with Crippen molar-refractivity contribution < 1.29 is 23.5 Å². The van der Waals surface area contributed by atoms with Crippen molar-refractivity contribution >= 4 is 44.5 Å². The van der Waals surface area contributed by atoms with Crippen molar-refractivity contribution in [3.63, 3.8) is 0 Å². The molecule has 1 aromatic heterocycles. The van der Waals surface area contributed by atoms with Gasteiger partial charge in [-0.1, -0.05) is 49.4 Å². The number of para-hydroxylation sites is 1. The van der Waals surface area contributed by atoms with Crippen molar-refractivity contribution in [1.82, 2.24) is 10.3 Å². The molecule has 0 aliphatic rings. The van der Waals surface area contributed by atoms with Gasteiger partial charge in [0.15, 0.2) is 11.7 Å². The van der Waals surface area contributed by atoms with Gasteiger partial charge in [0.05, 0.1) is 15.8 Å². The van der Waals surface area contributed by atoms with Crippen molar-refractivity contribution in [3.8, 4) is 0 Å². The zero-order valence-corrected chi connectivity index (χ0v) is 18.8. The molecule has 3 rings (SSSR count). The summed E-state index contributed by atoms with van der Waals surface area (Å²) in [7, 11) is 0. The molecule has 2 aromatic carbocycles. The number of thiazole rings is 1. The summed E-state index contributed by atoms with van der Waals surface area (Å²) in [6, 6.07) is 12.0. The van der Waals surface area contributed by atoms with Gasteiger partial charge < -0.3 is 10.1 Å². The Morgan fingerprint density at radius 3 is 2.47 bits per heavy atom. The molecule has 0 saturated carbocycles. The van der Waals surface area contributed by atoms with E-state index in [1.54, 1.807) is 20.8 Å². The van der Waals surface area contributed by atoms with Crippen LogP contribution in [-0.4, -0.2) is 42.0 Å². The van der Waals surface area contributed by atoms with Crippen LogP contribution >= 0.6 is 11.3 Å². The second-order valence-electron chi connectivity index (χ2n) is 7.38. The molecule has 0 aliphatic heterocycles. The number of carbonyl (C=O) groups excluding carboxylic acids is 3. The minimum absolute atomic E-state index is 0.171. The van der Waals surface area contributed by atoms with Gasteiger partial charge in [-0.05, 0) is 37.1 Å². The quantitative estimate of drug-likeness (QED) is 0.520. The fraction of sp³-hybridized carbons (Fsp3) is 0.304. The van der Waals surface area contributed by atoms with Crippen molar-refractivity contribution in [2.24, 2.45) is 5.92 Å². The van der Waals surface area contributed by atoms with Crippen LogP contribution in [0, 0.1) is 11.7 Å². The Morgan fingerprint density at radius 2 is 1.81 bits per heavy atom. The van der Waals surface area contributed by atoms with Crippen LogP contribution in [0.25, 0.3) is 10.2 Å². The first-order valence-corrected chi connectivity index (χ1v) is 11.0. The molecule has 0 aliphatic carbocycles. The van der Waals surface area contributed by atoms with Crippen LogP contribution in [0.4, 0.5) is 9.52 Å². The van der Waals surface area contributed by atoms with E-state index in [-0.39, 0.29) is 11.5 Å². The molecule has 32 heavy (non-hydrogen) atoms. The van der Waals surface area contributed by atoms with Gasteiger partial charge in [0.25, 0.3) is 11.8 Å². The molecule has 0 fully saturated rings. The van der Waals surface area contributed by atoms with E-state index in [2.05, 4.69) is 10.3 Å². The highest BCUT2D eigenvalue weighted by molar-refractivity contribution is 7.22. The summed E-state index contributed by atoms with van der Waals surface area (Å²) in [5.74, 6) is -2.94. The average Bonchev–Trinajstić information content (AvgIpc) is 3.20. The highest BCUT2D eigenvalue weighted by atomic mass is 32.1. The van der Waals surface area contributed by atoms with E-state index in [0.717, 1.165) is 16.3 Å². The molecule has 0 saturated heterocycles. The smallest absolute Gasteiger partial charge is 0.329 e. The van der Waals surface area contributed by atoms with Crippen LogP contribution < -0.4 is 10.2 Å².